The van der Waals surface area contributed by atoms with Gasteiger partial charge in [0.1, 0.15) is 12.1 Å². The lowest BCUT2D eigenvalue weighted by molar-refractivity contribution is -0.171. The number of aliphatic carboxylic acids is 1. The SMILES string of the molecule is COC(=O)C[C@]12CC(=O)[OH+][B-]([C@@H](CC(=O)[C@H](Cc3ccccc3)NC(=O)c3cnccn3)CC(C)C)(OC1=O)O2. The maximum Gasteiger partial charge on any atom is 0.576 e. The van der Waals surface area contributed by atoms with Gasteiger partial charge in [-0.3, -0.25) is 24.2 Å². The van der Waals surface area contributed by atoms with Gasteiger partial charge in [-0.1, -0.05) is 50.6 Å². The number of benzene rings is 1. The van der Waals surface area contributed by atoms with E-state index in [0.717, 1.165) is 12.7 Å². The Morgan fingerprint density at radius 3 is 2.58 bits per heavy atom. The standard InChI is InChI=1S/C27H32BN3O9/c1-17(2)11-19(28-38-24(34)15-27(40-28,26(36)39-28)14-23(33)37-3)13-22(32)20(12-18-7-5-4-6-8-18)31-25(35)21-16-29-9-10-30-21/h4-10,16-17,19-20,38H,11-15H2,1-3H3,(H,31,35)/t19-,20+,27+,28?/m1/s1. The van der Waals surface area contributed by atoms with E-state index in [2.05, 4.69) is 19.9 Å². The summed E-state index contributed by atoms with van der Waals surface area (Å²) in [5, 5.41) is 2.75. The summed E-state index contributed by atoms with van der Waals surface area (Å²) < 4.78 is 20.5. The Balaban J connectivity index is 1.62. The van der Waals surface area contributed by atoms with Crippen LogP contribution < -0.4 is 5.32 Å². The number of nitrogens with zero attached hydrogens (tertiary/aromatic N) is 2. The molecule has 1 aromatic carbocycles. The fourth-order valence-electron chi connectivity index (χ4n) is 5.25. The second kappa shape index (κ2) is 11.9. The fourth-order valence-corrected chi connectivity index (χ4v) is 5.25. The predicted octanol–water partition coefficient (Wildman–Crippen LogP) is 1.47. The van der Waals surface area contributed by atoms with Crippen molar-refractivity contribution in [1.29, 1.82) is 0 Å². The summed E-state index contributed by atoms with van der Waals surface area (Å²) in [4.78, 5) is 72.5. The molecular weight excluding hydrogens is 521 g/mol. The number of esters is 1. The molecule has 4 rings (SSSR count). The van der Waals surface area contributed by atoms with Crippen molar-refractivity contribution in [2.75, 3.05) is 7.11 Å². The summed E-state index contributed by atoms with van der Waals surface area (Å²) >= 11 is 0. The number of carbonyl (C=O) groups is 5. The third-order valence-electron chi connectivity index (χ3n) is 7.07. The Morgan fingerprint density at radius 2 is 1.93 bits per heavy atom. The van der Waals surface area contributed by atoms with Crippen molar-refractivity contribution in [2.45, 2.75) is 63.4 Å². The number of ether oxygens (including phenoxy) is 1. The van der Waals surface area contributed by atoms with E-state index < -0.39 is 60.9 Å². The molecule has 2 aliphatic heterocycles. The number of hydrogen-bond donors (Lipinski definition) is 1. The van der Waals surface area contributed by atoms with Gasteiger partial charge in [-0.25, -0.2) is 4.98 Å². The highest BCUT2D eigenvalue weighted by Gasteiger charge is 2.68. The van der Waals surface area contributed by atoms with Gasteiger partial charge >= 0.3 is 18.7 Å². The molecule has 12 nitrogen and oxygen atoms in total. The molecule has 1 amide bonds. The van der Waals surface area contributed by atoms with Gasteiger partial charge in [0.2, 0.25) is 0 Å². The van der Waals surface area contributed by atoms with Crippen molar-refractivity contribution in [1.82, 2.24) is 15.3 Å². The van der Waals surface area contributed by atoms with Crippen molar-refractivity contribution < 1.29 is 42.7 Å². The number of rotatable bonds is 12. The van der Waals surface area contributed by atoms with Crippen LogP contribution in [0, 0.1) is 5.92 Å². The summed E-state index contributed by atoms with van der Waals surface area (Å²) in [7, 11) is 1.16. The van der Waals surface area contributed by atoms with Crippen LogP contribution in [0.2, 0.25) is 5.82 Å². The number of nitrogens with one attached hydrogen (secondary N) is 1. The average Bonchev–Trinajstić information content (AvgIpc) is 3.13. The Labute approximate surface area is 231 Å². The molecule has 2 N–H and O–H groups in total. The number of fused-ring (bicyclic) bond motifs is 2. The minimum absolute atomic E-state index is 0.000875. The third kappa shape index (κ3) is 6.36. The number of carbonyl (C=O) groups excluding carboxylic acids is 4. The number of Topliss-reactive ketones (excluding diaryl/α,β-unsaturated/α-hetero) is 1. The van der Waals surface area contributed by atoms with E-state index in [1.54, 1.807) is 0 Å². The van der Waals surface area contributed by atoms with Crippen LogP contribution in [-0.4, -0.2) is 69.7 Å². The maximum atomic E-state index is 13.9. The Hall–Kier alpha value is -4.13. The monoisotopic (exact) mass is 553 g/mol. The van der Waals surface area contributed by atoms with Crippen molar-refractivity contribution >= 4 is 36.4 Å². The normalized spacial score (nSPS) is 23.1. The quantitative estimate of drug-likeness (QED) is 0.231. The average molecular weight is 553 g/mol. The molecule has 1 unspecified atom stereocenters. The lowest BCUT2D eigenvalue weighted by Crippen LogP contribution is -2.58. The van der Waals surface area contributed by atoms with Crippen LogP contribution in [0.5, 0.6) is 0 Å². The first kappa shape index (κ1) is 28.9. The molecule has 3 heterocycles. The van der Waals surface area contributed by atoms with E-state index >= 15 is 0 Å². The molecule has 2 aromatic rings. The smallest absolute Gasteiger partial charge is 0.576 e. The molecule has 212 valence electrons. The van der Waals surface area contributed by atoms with Gasteiger partial charge in [0, 0.05) is 17.2 Å². The van der Waals surface area contributed by atoms with Gasteiger partial charge in [-0.15, -0.1) is 0 Å². The van der Waals surface area contributed by atoms with Crippen LogP contribution in [0.1, 0.15) is 55.6 Å². The molecule has 2 fully saturated rings. The number of hydrogen-bond acceptors (Lipinski definition) is 10. The topological polar surface area (TPSA) is 164 Å². The van der Waals surface area contributed by atoms with Crippen LogP contribution in [0.25, 0.3) is 0 Å². The van der Waals surface area contributed by atoms with Crippen molar-refractivity contribution in [3.63, 3.8) is 0 Å². The number of amides is 1. The molecule has 1 aromatic heterocycles. The highest BCUT2D eigenvalue weighted by Crippen LogP contribution is 2.47. The zero-order valence-corrected chi connectivity index (χ0v) is 22.6. The minimum atomic E-state index is -2.94. The predicted molar refractivity (Wildman–Crippen MR) is 140 cm³/mol. The summed E-state index contributed by atoms with van der Waals surface area (Å²) in [6, 6.07) is 8.18. The first-order valence-electron chi connectivity index (χ1n) is 13.1. The molecule has 0 spiro atoms. The van der Waals surface area contributed by atoms with Gasteiger partial charge in [-0.2, -0.15) is 0 Å². The first-order valence-corrected chi connectivity index (χ1v) is 13.1. The maximum absolute atomic E-state index is 13.9. The minimum Gasteiger partial charge on any atom is -0.718 e. The molecular formula is C27H32BN3O9. The lowest BCUT2D eigenvalue weighted by atomic mass is 9.57. The molecule has 2 saturated heterocycles. The highest BCUT2D eigenvalue weighted by atomic mass is 16.8. The fraction of sp³-hybridized carbons (Fsp3) is 0.444. The summed E-state index contributed by atoms with van der Waals surface area (Å²) in [5.41, 5.74) is -1.00. The Bertz CT molecular complexity index is 1280. The lowest BCUT2D eigenvalue weighted by Gasteiger charge is -2.43. The van der Waals surface area contributed by atoms with Gasteiger partial charge in [-0.05, 0) is 30.1 Å². The zero-order valence-electron chi connectivity index (χ0n) is 22.6. The van der Waals surface area contributed by atoms with Crippen LogP contribution in [-0.2, 0) is 39.6 Å². The zero-order chi connectivity index (χ0) is 28.9. The third-order valence-corrected chi connectivity index (χ3v) is 7.07. The van der Waals surface area contributed by atoms with E-state index in [4.69, 9.17) is 14.0 Å². The first-order chi connectivity index (χ1) is 19.1. The van der Waals surface area contributed by atoms with E-state index in [1.165, 1.54) is 18.6 Å². The molecule has 0 saturated carbocycles. The van der Waals surface area contributed by atoms with E-state index in [9.17, 15) is 24.0 Å². The molecule has 2 bridgehead atoms. The van der Waals surface area contributed by atoms with Crippen LogP contribution in [0.3, 0.4) is 0 Å². The summed E-state index contributed by atoms with van der Waals surface area (Å²) in [6.07, 6.45) is 3.41. The number of aromatic nitrogens is 2. The molecule has 13 heteroatoms. The Morgan fingerprint density at radius 1 is 1.18 bits per heavy atom. The molecule has 40 heavy (non-hydrogen) atoms. The van der Waals surface area contributed by atoms with Crippen molar-refractivity contribution in [2.24, 2.45) is 5.92 Å². The van der Waals surface area contributed by atoms with E-state index in [1.807, 2.05) is 44.2 Å². The number of methoxy groups -OCH3 is 1. The van der Waals surface area contributed by atoms with Gasteiger partial charge in [0.25, 0.3) is 11.9 Å². The van der Waals surface area contributed by atoms with Crippen LogP contribution in [0.4, 0.5) is 0 Å². The van der Waals surface area contributed by atoms with Crippen LogP contribution >= 0.6 is 0 Å². The molecule has 0 aliphatic carbocycles. The van der Waals surface area contributed by atoms with E-state index in [0.29, 0.717) is 6.42 Å². The van der Waals surface area contributed by atoms with Gasteiger partial charge < -0.3 is 24.0 Å². The number of ketones is 1. The molecule has 4 atom stereocenters. The van der Waals surface area contributed by atoms with Crippen molar-refractivity contribution in [3.05, 3.63) is 60.2 Å². The summed E-state index contributed by atoms with van der Waals surface area (Å²) in [6.45, 7) is 0.875. The van der Waals surface area contributed by atoms with Gasteiger partial charge in [0.05, 0.1) is 25.8 Å². The Kier molecular flexibility index (Phi) is 8.62. The second-order valence-corrected chi connectivity index (χ2v) is 10.6. The van der Waals surface area contributed by atoms with Crippen LogP contribution in [0.15, 0.2) is 48.9 Å². The summed E-state index contributed by atoms with van der Waals surface area (Å²) in [5.74, 6) is -4.05. The molecule has 0 radical (unpaired) electrons. The highest BCUT2D eigenvalue weighted by molar-refractivity contribution is 6.67. The van der Waals surface area contributed by atoms with E-state index in [-0.39, 0.29) is 30.2 Å². The molecule has 2 aliphatic rings. The number of carboxylic acids is 1. The second-order valence-electron chi connectivity index (χ2n) is 10.6. The van der Waals surface area contributed by atoms with Crippen molar-refractivity contribution in [3.8, 4) is 0 Å². The largest absolute Gasteiger partial charge is 0.718 e. The van der Waals surface area contributed by atoms with Gasteiger partial charge in [0.15, 0.2) is 11.4 Å².